The van der Waals surface area contributed by atoms with Gasteiger partial charge in [-0.3, -0.25) is 4.98 Å². The van der Waals surface area contributed by atoms with Crippen LogP contribution in [-0.4, -0.2) is 47.8 Å². The zero-order valence-corrected chi connectivity index (χ0v) is 23.4. The average molecular weight is 532 g/mol. The van der Waals surface area contributed by atoms with Crippen LogP contribution in [0.5, 0.6) is 5.75 Å². The molecule has 38 heavy (non-hydrogen) atoms. The number of carbonyl (C=O) groups excluding carboxylic acids is 1. The summed E-state index contributed by atoms with van der Waals surface area (Å²) in [6.07, 6.45) is 2.99. The molecule has 198 valence electrons. The Kier molecular flexibility index (Phi) is 6.27. The number of nitrogens with zero attached hydrogens (tertiary/aromatic N) is 3. The highest BCUT2D eigenvalue weighted by Gasteiger charge is 2.35. The molecule has 0 amide bonds. The summed E-state index contributed by atoms with van der Waals surface area (Å²) in [5.74, 6) is 0.458. The van der Waals surface area contributed by atoms with E-state index in [0.717, 1.165) is 73.8 Å². The van der Waals surface area contributed by atoms with Crippen molar-refractivity contribution >= 4 is 43.6 Å². The molecule has 2 aliphatic heterocycles. The van der Waals surface area contributed by atoms with Gasteiger partial charge in [-0.25, -0.2) is 9.78 Å². The molecule has 2 aliphatic rings. The Balaban J connectivity index is 1.68. The topological polar surface area (TPSA) is 73.8 Å². The molecule has 4 aromatic rings. The van der Waals surface area contributed by atoms with Gasteiger partial charge in [-0.1, -0.05) is 11.3 Å². The monoisotopic (exact) mass is 531 g/mol. The van der Waals surface area contributed by atoms with Gasteiger partial charge >= 0.3 is 5.97 Å². The molecule has 0 N–H and O–H groups in total. The summed E-state index contributed by atoms with van der Waals surface area (Å²) in [6, 6.07) is 8.25. The number of benzene rings is 2. The third-order valence-electron chi connectivity index (χ3n) is 7.12. The Morgan fingerprint density at radius 3 is 2.76 bits per heavy atom. The molecule has 1 saturated heterocycles. The number of anilines is 1. The van der Waals surface area contributed by atoms with Crippen LogP contribution < -0.4 is 9.64 Å². The summed E-state index contributed by atoms with van der Waals surface area (Å²) < 4.78 is 19.1. The SMILES string of the molecule is CCOC(=O)C(OC(C)(C)C)c1c(C)cc2nc(N3CCC3)sc2c1-c1ccc2c3c(ccnc13)CCO2. The average Bonchev–Trinajstić information content (AvgIpc) is 3.24. The van der Waals surface area contributed by atoms with Crippen LogP contribution in [0, 0.1) is 6.92 Å². The Labute approximate surface area is 226 Å². The van der Waals surface area contributed by atoms with Gasteiger partial charge in [0, 0.05) is 47.8 Å². The molecule has 8 heteroatoms. The first-order valence-corrected chi connectivity index (χ1v) is 14.1. The Hall–Kier alpha value is -3.23. The van der Waals surface area contributed by atoms with Crippen LogP contribution >= 0.6 is 11.3 Å². The maximum absolute atomic E-state index is 13.5. The summed E-state index contributed by atoms with van der Waals surface area (Å²) >= 11 is 1.67. The molecule has 0 aliphatic carbocycles. The molecule has 0 bridgehead atoms. The first-order chi connectivity index (χ1) is 18.2. The molecule has 2 aromatic carbocycles. The second-order valence-corrected chi connectivity index (χ2v) is 11.9. The van der Waals surface area contributed by atoms with Crippen LogP contribution in [0.4, 0.5) is 5.13 Å². The van der Waals surface area contributed by atoms with Crippen molar-refractivity contribution < 1.29 is 19.0 Å². The van der Waals surface area contributed by atoms with Crippen LogP contribution in [-0.2, 0) is 20.7 Å². The van der Waals surface area contributed by atoms with Crippen LogP contribution in [0.1, 0.15) is 56.9 Å². The lowest BCUT2D eigenvalue weighted by molar-refractivity contribution is -0.166. The number of rotatable bonds is 6. The van der Waals surface area contributed by atoms with Gasteiger partial charge in [-0.2, -0.15) is 0 Å². The predicted molar refractivity (Wildman–Crippen MR) is 151 cm³/mol. The highest BCUT2D eigenvalue weighted by molar-refractivity contribution is 7.22. The molecule has 0 spiro atoms. The first-order valence-electron chi connectivity index (χ1n) is 13.3. The second kappa shape index (κ2) is 9.50. The van der Waals surface area contributed by atoms with Crippen molar-refractivity contribution in [2.75, 3.05) is 31.2 Å². The van der Waals surface area contributed by atoms with E-state index in [1.165, 1.54) is 12.0 Å². The smallest absolute Gasteiger partial charge is 0.339 e. The highest BCUT2D eigenvalue weighted by atomic mass is 32.1. The lowest BCUT2D eigenvalue weighted by Crippen LogP contribution is -2.36. The van der Waals surface area contributed by atoms with Gasteiger partial charge in [0.15, 0.2) is 11.2 Å². The molecule has 4 heterocycles. The largest absolute Gasteiger partial charge is 0.493 e. The molecule has 1 unspecified atom stereocenters. The van der Waals surface area contributed by atoms with E-state index < -0.39 is 17.7 Å². The molecule has 1 atom stereocenters. The normalized spacial score (nSPS) is 15.9. The molecule has 0 saturated carbocycles. The van der Waals surface area contributed by atoms with Crippen LogP contribution in [0.15, 0.2) is 30.5 Å². The van der Waals surface area contributed by atoms with E-state index in [-0.39, 0.29) is 6.61 Å². The summed E-state index contributed by atoms with van der Waals surface area (Å²) in [5, 5.41) is 2.04. The Morgan fingerprint density at radius 2 is 2.05 bits per heavy atom. The van der Waals surface area contributed by atoms with Crippen LogP contribution in [0.2, 0.25) is 0 Å². The van der Waals surface area contributed by atoms with Gasteiger partial charge in [-0.05, 0) is 76.4 Å². The number of thiazole rings is 1. The molecule has 7 nitrogen and oxygen atoms in total. The van der Waals surface area contributed by atoms with Gasteiger partial charge in [0.25, 0.3) is 0 Å². The van der Waals surface area contributed by atoms with E-state index in [2.05, 4.69) is 23.1 Å². The summed E-state index contributed by atoms with van der Waals surface area (Å²) in [5.41, 5.74) is 6.07. The van der Waals surface area contributed by atoms with Crippen LogP contribution in [0.25, 0.3) is 32.2 Å². The Bertz CT molecular complexity index is 1540. The van der Waals surface area contributed by atoms with Gasteiger partial charge in [-0.15, -0.1) is 0 Å². The maximum Gasteiger partial charge on any atom is 0.339 e. The second-order valence-electron chi connectivity index (χ2n) is 10.9. The van der Waals surface area contributed by atoms with Crippen molar-refractivity contribution in [2.24, 2.45) is 0 Å². The number of ether oxygens (including phenoxy) is 3. The van der Waals surface area contributed by atoms with Crippen molar-refractivity contribution in [2.45, 2.75) is 59.2 Å². The van der Waals surface area contributed by atoms with Crippen molar-refractivity contribution in [3.63, 3.8) is 0 Å². The van der Waals surface area contributed by atoms with E-state index in [1.807, 2.05) is 46.9 Å². The van der Waals surface area contributed by atoms with E-state index >= 15 is 0 Å². The van der Waals surface area contributed by atoms with E-state index in [1.54, 1.807) is 11.3 Å². The standard InChI is InChI=1S/C30H33N3O4S/c1-6-35-28(34)26(37-30(3,4)5)22-17(2)16-20-27(38-29(32-20)33-13-7-14-33)24(22)19-8-9-21-23-18(11-15-36-21)10-12-31-25(19)23/h8-10,12,16,26H,6-7,11,13-15H2,1-5H3. The lowest BCUT2D eigenvalue weighted by atomic mass is 9.89. The zero-order valence-electron chi connectivity index (χ0n) is 22.6. The minimum absolute atomic E-state index is 0.277. The number of aryl methyl sites for hydroxylation is 1. The van der Waals surface area contributed by atoms with Gasteiger partial charge < -0.3 is 19.1 Å². The summed E-state index contributed by atoms with van der Waals surface area (Å²) in [7, 11) is 0. The van der Waals surface area contributed by atoms with Crippen LogP contribution in [0.3, 0.4) is 0 Å². The van der Waals surface area contributed by atoms with Crippen molar-refractivity contribution in [3.8, 4) is 16.9 Å². The minimum atomic E-state index is -0.897. The lowest BCUT2D eigenvalue weighted by Gasteiger charge is -2.30. The van der Waals surface area contributed by atoms with E-state index in [4.69, 9.17) is 24.2 Å². The maximum atomic E-state index is 13.5. The molecular formula is C30H33N3O4S. The fraction of sp³-hybridized carbons (Fsp3) is 0.433. The Morgan fingerprint density at radius 1 is 1.24 bits per heavy atom. The van der Waals surface area contributed by atoms with E-state index in [9.17, 15) is 4.79 Å². The third kappa shape index (κ3) is 4.29. The number of esters is 1. The number of pyridine rings is 1. The van der Waals surface area contributed by atoms with Crippen molar-refractivity contribution in [3.05, 3.63) is 47.2 Å². The molecule has 1 fully saturated rings. The predicted octanol–water partition coefficient (Wildman–Crippen LogP) is 6.38. The van der Waals surface area contributed by atoms with Gasteiger partial charge in [0.1, 0.15) is 5.75 Å². The quantitative estimate of drug-likeness (QED) is 0.267. The zero-order chi connectivity index (χ0) is 26.6. The molecule has 2 aromatic heterocycles. The van der Waals surface area contributed by atoms with E-state index in [0.29, 0.717) is 6.61 Å². The van der Waals surface area contributed by atoms with Crippen molar-refractivity contribution in [1.82, 2.24) is 9.97 Å². The number of hydrogen-bond donors (Lipinski definition) is 0. The number of carbonyl (C=O) groups is 1. The highest BCUT2D eigenvalue weighted by Crippen LogP contribution is 2.47. The number of hydrogen-bond acceptors (Lipinski definition) is 8. The molecule has 6 rings (SSSR count). The number of fused-ring (bicyclic) bond motifs is 1. The first kappa shape index (κ1) is 25.1. The third-order valence-corrected chi connectivity index (χ3v) is 8.27. The minimum Gasteiger partial charge on any atom is -0.493 e. The fourth-order valence-electron chi connectivity index (χ4n) is 5.35. The molecular weight excluding hydrogens is 498 g/mol. The summed E-state index contributed by atoms with van der Waals surface area (Å²) in [6.45, 7) is 12.7. The van der Waals surface area contributed by atoms with Crippen molar-refractivity contribution in [1.29, 1.82) is 0 Å². The number of aromatic nitrogens is 2. The molecule has 0 radical (unpaired) electrons. The van der Waals surface area contributed by atoms with Gasteiger partial charge in [0.05, 0.1) is 34.5 Å². The summed E-state index contributed by atoms with van der Waals surface area (Å²) in [4.78, 5) is 25.7. The fourth-order valence-corrected chi connectivity index (χ4v) is 6.52. The van der Waals surface area contributed by atoms with Gasteiger partial charge in [0.2, 0.25) is 0 Å².